The minimum Gasteiger partial charge on any atom is -0.356 e. The molecule has 0 radical (unpaired) electrons. The number of amides is 5. The molecular weight excluding hydrogens is 1120 g/mol. The number of nitrogens with two attached hydrogens (primary N) is 3. The largest absolute Gasteiger partial charge is 0.356 e. The number of rotatable bonds is 52. The highest BCUT2D eigenvalue weighted by molar-refractivity contribution is 5.95. The van der Waals surface area contributed by atoms with Crippen LogP contribution in [0.3, 0.4) is 0 Å². The van der Waals surface area contributed by atoms with Crippen LogP contribution < -0.4 is 43.8 Å². The van der Waals surface area contributed by atoms with E-state index in [0.717, 1.165) is 80.0 Å². The van der Waals surface area contributed by atoms with E-state index in [0.29, 0.717) is 69.7 Å². The number of unbranched alkanes of at least 4 members (excludes halogenated alkanes) is 27. The molecule has 3 rings (SSSR count). The summed E-state index contributed by atoms with van der Waals surface area (Å²) in [7, 11) is 0. The van der Waals surface area contributed by atoms with Crippen LogP contribution in [-0.4, -0.2) is 79.9 Å². The van der Waals surface area contributed by atoms with Crippen LogP contribution in [0.1, 0.15) is 314 Å². The molecule has 13 heteroatoms. The Labute approximate surface area is 546 Å². The summed E-state index contributed by atoms with van der Waals surface area (Å²) >= 11 is 0. The van der Waals surface area contributed by atoms with E-state index in [1.165, 1.54) is 135 Å². The molecule has 500 valence electrons. The molecule has 11 N–H and O–H groups in total. The number of benzene rings is 3. The van der Waals surface area contributed by atoms with Crippen LogP contribution in [0.4, 0.5) is 0 Å². The van der Waals surface area contributed by atoms with Gasteiger partial charge in [-0.15, -0.1) is 0 Å². The summed E-state index contributed by atoms with van der Waals surface area (Å²) in [5, 5.41) is 15.9. The molecule has 0 bridgehead atoms. The van der Waals surface area contributed by atoms with E-state index < -0.39 is 11.1 Å². The standard InChI is InChI=1S/C77H122N8O5/c1-4-7-10-13-16-19-22-25-28-31-62-81-71(86)50-53-76(54-51-72(87)82-63-32-29-26-23-20-17-14-11-8-5-2,55-52-73(88)83-64-33-30-27-24-21-18-15-12-9-6-3)84-74(89)69-46-42-67(43-47-69)40-38-65-34-36-66(37-35-65)39-41-68-44-48-70(49-45-68)75(90)85-77(56-59-78,57-60-79)58-61-80/h34-37,42-49H,4-33,50-64,78-80H2,1-3H3,(H,81,86)(H,82,87)(H,83,88)(H,84,89)(H,85,90). The van der Waals surface area contributed by atoms with Gasteiger partial charge in [0.05, 0.1) is 0 Å². The monoisotopic (exact) mass is 1240 g/mol. The lowest BCUT2D eigenvalue weighted by molar-refractivity contribution is -0.121. The highest BCUT2D eigenvalue weighted by Gasteiger charge is 2.34. The van der Waals surface area contributed by atoms with Gasteiger partial charge in [-0.3, -0.25) is 24.0 Å². The van der Waals surface area contributed by atoms with E-state index in [1.807, 2.05) is 48.5 Å². The molecule has 5 amide bonds. The van der Waals surface area contributed by atoms with Gasteiger partial charge in [-0.05, 0) is 150 Å². The predicted molar refractivity (Wildman–Crippen MR) is 375 cm³/mol. The molecule has 90 heavy (non-hydrogen) atoms. The first kappa shape index (κ1) is 78.3. The quantitative estimate of drug-likeness (QED) is 0.0200. The summed E-state index contributed by atoms with van der Waals surface area (Å²) in [6.07, 6.45) is 39.5. The zero-order chi connectivity index (χ0) is 65.0. The van der Waals surface area contributed by atoms with Crippen LogP contribution in [-0.2, 0) is 14.4 Å². The maximum Gasteiger partial charge on any atom is 0.251 e. The number of nitrogens with one attached hydrogen (secondary N) is 5. The summed E-state index contributed by atoms with van der Waals surface area (Å²) in [4.78, 5) is 68.6. The van der Waals surface area contributed by atoms with Gasteiger partial charge in [0.15, 0.2) is 0 Å². The molecule has 0 aliphatic rings. The Kier molecular flexibility index (Phi) is 44.0. The Balaban J connectivity index is 1.74. The van der Waals surface area contributed by atoms with Crippen molar-refractivity contribution in [1.29, 1.82) is 0 Å². The van der Waals surface area contributed by atoms with Gasteiger partial charge in [0.1, 0.15) is 0 Å². The molecule has 0 aromatic heterocycles. The molecule has 0 heterocycles. The molecular formula is C77H122N8O5. The Morgan fingerprint density at radius 2 is 0.522 bits per heavy atom. The van der Waals surface area contributed by atoms with Crippen molar-refractivity contribution >= 4 is 29.5 Å². The highest BCUT2D eigenvalue weighted by atomic mass is 16.2. The van der Waals surface area contributed by atoms with Gasteiger partial charge in [0.25, 0.3) is 11.8 Å². The Bertz CT molecular complexity index is 2410. The molecule has 13 nitrogen and oxygen atoms in total. The second-order valence-electron chi connectivity index (χ2n) is 25.4. The summed E-state index contributed by atoms with van der Waals surface area (Å²) in [5.41, 5.74) is 20.1. The topological polar surface area (TPSA) is 224 Å². The van der Waals surface area contributed by atoms with Crippen LogP contribution in [0.25, 0.3) is 0 Å². The molecule has 0 fully saturated rings. The van der Waals surface area contributed by atoms with Crippen molar-refractivity contribution in [2.45, 2.75) is 282 Å². The maximum atomic E-state index is 14.5. The Morgan fingerprint density at radius 3 is 0.756 bits per heavy atom. The lowest BCUT2D eigenvalue weighted by atomic mass is 9.82. The number of hydrogen-bond acceptors (Lipinski definition) is 8. The van der Waals surface area contributed by atoms with Crippen LogP contribution in [0, 0.1) is 23.7 Å². The van der Waals surface area contributed by atoms with Gasteiger partial charge in [-0.25, -0.2) is 0 Å². The fourth-order valence-electron chi connectivity index (χ4n) is 11.8. The predicted octanol–water partition coefficient (Wildman–Crippen LogP) is 14.9. The molecule has 0 atom stereocenters. The Hall–Kier alpha value is -5.99. The molecule has 3 aromatic rings. The van der Waals surface area contributed by atoms with Crippen LogP contribution >= 0.6 is 0 Å². The lowest BCUT2D eigenvalue weighted by Crippen LogP contribution is -2.52. The first-order valence-electron chi connectivity index (χ1n) is 35.8. The maximum absolute atomic E-state index is 14.5. The third-order valence-corrected chi connectivity index (χ3v) is 17.6. The average Bonchev–Trinajstić information content (AvgIpc) is 1.15. The molecule has 0 unspecified atom stereocenters. The number of carbonyl (C=O) groups excluding carboxylic acids is 5. The van der Waals surface area contributed by atoms with Crippen LogP contribution in [0.2, 0.25) is 0 Å². The molecule has 0 aliphatic heterocycles. The second kappa shape index (κ2) is 50.6. The van der Waals surface area contributed by atoms with Gasteiger partial charge in [-0.2, -0.15) is 0 Å². The summed E-state index contributed by atoms with van der Waals surface area (Å²) in [6, 6.07) is 22.0. The van der Waals surface area contributed by atoms with Gasteiger partial charge in [-0.1, -0.05) is 218 Å². The van der Waals surface area contributed by atoms with Crippen LogP contribution in [0.15, 0.2) is 72.8 Å². The zero-order valence-electron chi connectivity index (χ0n) is 56.5. The highest BCUT2D eigenvalue weighted by Crippen LogP contribution is 2.28. The van der Waals surface area contributed by atoms with E-state index in [4.69, 9.17) is 17.2 Å². The van der Waals surface area contributed by atoms with Crippen molar-refractivity contribution in [3.05, 3.63) is 106 Å². The van der Waals surface area contributed by atoms with E-state index in [-0.39, 0.29) is 68.1 Å². The minimum atomic E-state index is -1.01. The summed E-state index contributed by atoms with van der Waals surface area (Å²) < 4.78 is 0. The van der Waals surface area contributed by atoms with Crippen molar-refractivity contribution in [2.24, 2.45) is 17.2 Å². The fraction of sp³-hybridized carbons (Fsp3) is 0.649. The van der Waals surface area contributed by atoms with Crippen molar-refractivity contribution < 1.29 is 24.0 Å². The average molecular weight is 1240 g/mol. The molecule has 0 spiro atoms. The number of hydrogen-bond donors (Lipinski definition) is 8. The second-order valence-corrected chi connectivity index (χ2v) is 25.4. The van der Waals surface area contributed by atoms with Gasteiger partial charge < -0.3 is 43.8 Å². The first-order valence-corrected chi connectivity index (χ1v) is 35.8. The van der Waals surface area contributed by atoms with Crippen molar-refractivity contribution in [3.63, 3.8) is 0 Å². The minimum absolute atomic E-state index is 0.0927. The molecule has 0 saturated heterocycles. The smallest absolute Gasteiger partial charge is 0.251 e. The SMILES string of the molecule is CCCCCCCCCCCCNC(=O)CCC(CCC(=O)NCCCCCCCCCCCC)(CCC(=O)NCCCCCCCCCCCC)NC(=O)c1ccc(C#Cc2ccc(C#Cc3ccc(C(=O)NC(CCN)(CCN)CCN)cc3)cc2)cc1. The summed E-state index contributed by atoms with van der Waals surface area (Å²) in [5.74, 6) is 12.0. The number of carbonyl (C=O) groups is 5. The van der Waals surface area contributed by atoms with Gasteiger partial charge in [0, 0.05) is 83.4 Å². The van der Waals surface area contributed by atoms with Crippen LogP contribution in [0.5, 0.6) is 0 Å². The summed E-state index contributed by atoms with van der Waals surface area (Å²) in [6.45, 7) is 9.77. The van der Waals surface area contributed by atoms with Crippen molar-refractivity contribution in [3.8, 4) is 23.7 Å². The Morgan fingerprint density at radius 1 is 0.311 bits per heavy atom. The van der Waals surface area contributed by atoms with E-state index >= 15 is 0 Å². The molecule has 0 saturated carbocycles. The fourth-order valence-corrected chi connectivity index (χ4v) is 11.8. The molecule has 0 aliphatic carbocycles. The van der Waals surface area contributed by atoms with E-state index in [9.17, 15) is 24.0 Å². The van der Waals surface area contributed by atoms with Crippen molar-refractivity contribution in [1.82, 2.24) is 26.6 Å². The normalized spacial score (nSPS) is 11.3. The lowest BCUT2D eigenvalue weighted by Gasteiger charge is -2.35. The zero-order valence-corrected chi connectivity index (χ0v) is 56.5. The third-order valence-electron chi connectivity index (χ3n) is 17.6. The first-order chi connectivity index (χ1) is 43.9. The van der Waals surface area contributed by atoms with Gasteiger partial charge >= 0.3 is 0 Å². The third kappa shape index (κ3) is 36.8. The van der Waals surface area contributed by atoms with E-state index in [1.54, 1.807) is 24.3 Å². The van der Waals surface area contributed by atoms with Gasteiger partial charge in [0.2, 0.25) is 17.7 Å². The molecule has 3 aromatic carbocycles. The van der Waals surface area contributed by atoms with Crippen molar-refractivity contribution in [2.75, 3.05) is 39.3 Å². The van der Waals surface area contributed by atoms with E-state index in [2.05, 4.69) is 71.0 Å².